The number of benzene rings is 1. The van der Waals surface area contributed by atoms with Gasteiger partial charge in [-0.15, -0.1) is 0 Å². The Hall–Kier alpha value is -1.40. The van der Waals surface area contributed by atoms with Crippen molar-refractivity contribution >= 4 is 15.8 Å². The van der Waals surface area contributed by atoms with Crippen LogP contribution in [0.1, 0.15) is 30.4 Å². The Labute approximate surface area is 125 Å². The minimum Gasteiger partial charge on any atom is -0.481 e. The SMILES string of the molecule is CC(C(=O)O)c1ccc(CN2CCCS(=O)(=O)CC2)cc1. The van der Waals surface area contributed by atoms with E-state index in [-0.39, 0.29) is 11.5 Å². The molecule has 0 saturated carbocycles. The maximum atomic E-state index is 11.6. The number of carboxylic acids is 1. The van der Waals surface area contributed by atoms with E-state index in [9.17, 15) is 13.2 Å². The predicted octanol–water partition coefficient (Wildman–Crippen LogP) is 1.50. The summed E-state index contributed by atoms with van der Waals surface area (Å²) in [5.41, 5.74) is 1.86. The molecule has 116 valence electrons. The quantitative estimate of drug-likeness (QED) is 0.912. The highest BCUT2D eigenvalue weighted by Gasteiger charge is 2.19. The van der Waals surface area contributed by atoms with Gasteiger partial charge in [0.1, 0.15) is 0 Å². The largest absolute Gasteiger partial charge is 0.481 e. The lowest BCUT2D eigenvalue weighted by Gasteiger charge is -2.19. The molecule has 0 amide bonds. The maximum Gasteiger partial charge on any atom is 0.310 e. The third-order valence-electron chi connectivity index (χ3n) is 3.90. The first-order valence-electron chi connectivity index (χ1n) is 7.12. The maximum absolute atomic E-state index is 11.6. The molecule has 0 bridgehead atoms. The monoisotopic (exact) mass is 311 g/mol. The number of rotatable bonds is 4. The molecule has 1 fully saturated rings. The Bertz CT molecular complexity index is 595. The standard InChI is InChI=1S/C15H21NO4S/c1-12(15(17)18)14-5-3-13(4-6-14)11-16-7-2-9-21(19,20)10-8-16/h3-6,12H,2,7-11H2,1H3,(H,17,18). The Morgan fingerprint density at radius 3 is 2.52 bits per heavy atom. The van der Waals surface area contributed by atoms with Crippen LogP contribution in [0.15, 0.2) is 24.3 Å². The van der Waals surface area contributed by atoms with Crippen LogP contribution < -0.4 is 0 Å². The van der Waals surface area contributed by atoms with Crippen LogP contribution in [0.4, 0.5) is 0 Å². The van der Waals surface area contributed by atoms with Gasteiger partial charge in [-0.2, -0.15) is 0 Å². The fourth-order valence-corrected chi connectivity index (χ4v) is 3.77. The lowest BCUT2D eigenvalue weighted by molar-refractivity contribution is -0.138. The molecular weight excluding hydrogens is 290 g/mol. The number of hydrogen-bond acceptors (Lipinski definition) is 4. The summed E-state index contributed by atoms with van der Waals surface area (Å²) < 4.78 is 23.1. The van der Waals surface area contributed by atoms with Gasteiger partial charge in [-0.05, 0) is 31.0 Å². The number of aliphatic carboxylic acids is 1. The van der Waals surface area contributed by atoms with E-state index < -0.39 is 21.7 Å². The Morgan fingerprint density at radius 2 is 1.90 bits per heavy atom. The van der Waals surface area contributed by atoms with Crippen LogP contribution in [-0.4, -0.2) is 49.0 Å². The predicted molar refractivity (Wildman–Crippen MR) is 81.0 cm³/mol. The zero-order valence-electron chi connectivity index (χ0n) is 12.2. The molecule has 1 aliphatic rings. The summed E-state index contributed by atoms with van der Waals surface area (Å²) in [7, 11) is -2.88. The first-order chi connectivity index (χ1) is 9.87. The molecule has 1 N–H and O–H groups in total. The van der Waals surface area contributed by atoms with Gasteiger partial charge in [0.15, 0.2) is 9.84 Å². The van der Waals surface area contributed by atoms with E-state index in [1.54, 1.807) is 6.92 Å². The summed E-state index contributed by atoms with van der Waals surface area (Å²) in [6, 6.07) is 7.52. The van der Waals surface area contributed by atoms with E-state index in [0.717, 1.165) is 17.7 Å². The molecule has 0 aromatic heterocycles. The summed E-state index contributed by atoms with van der Waals surface area (Å²) in [6.07, 6.45) is 0.677. The van der Waals surface area contributed by atoms with Gasteiger partial charge in [0, 0.05) is 13.1 Å². The Morgan fingerprint density at radius 1 is 1.24 bits per heavy atom. The highest BCUT2D eigenvalue weighted by Crippen LogP contribution is 2.17. The summed E-state index contributed by atoms with van der Waals surface area (Å²) in [6.45, 7) is 3.72. The van der Waals surface area contributed by atoms with Crippen LogP contribution in [-0.2, 0) is 21.2 Å². The molecule has 1 aliphatic heterocycles. The van der Waals surface area contributed by atoms with Gasteiger partial charge >= 0.3 is 5.97 Å². The first-order valence-corrected chi connectivity index (χ1v) is 8.94. The topological polar surface area (TPSA) is 74.7 Å². The van der Waals surface area contributed by atoms with Crippen molar-refractivity contribution in [3.05, 3.63) is 35.4 Å². The molecule has 0 radical (unpaired) electrons. The van der Waals surface area contributed by atoms with Crippen LogP contribution in [0.25, 0.3) is 0 Å². The fraction of sp³-hybridized carbons (Fsp3) is 0.533. The number of carboxylic acid groups (broad SMARTS) is 1. The summed E-state index contributed by atoms with van der Waals surface area (Å²) >= 11 is 0. The molecular formula is C15H21NO4S. The van der Waals surface area contributed by atoms with E-state index >= 15 is 0 Å². The first kappa shape index (κ1) is 16.0. The summed E-state index contributed by atoms with van der Waals surface area (Å²) in [5.74, 6) is -0.845. The smallest absolute Gasteiger partial charge is 0.310 e. The molecule has 0 aliphatic carbocycles. The summed E-state index contributed by atoms with van der Waals surface area (Å²) in [4.78, 5) is 13.1. The Kier molecular flexibility index (Phi) is 5.00. The van der Waals surface area contributed by atoms with E-state index in [0.29, 0.717) is 19.5 Å². The van der Waals surface area contributed by atoms with Crippen molar-refractivity contribution in [2.24, 2.45) is 0 Å². The molecule has 6 heteroatoms. The van der Waals surface area contributed by atoms with E-state index in [1.807, 2.05) is 24.3 Å². The molecule has 5 nitrogen and oxygen atoms in total. The lowest BCUT2D eigenvalue weighted by Crippen LogP contribution is -2.26. The molecule has 21 heavy (non-hydrogen) atoms. The molecule has 2 rings (SSSR count). The lowest BCUT2D eigenvalue weighted by atomic mass is 10.00. The average molecular weight is 311 g/mol. The van der Waals surface area contributed by atoms with Gasteiger partial charge in [0.05, 0.1) is 17.4 Å². The van der Waals surface area contributed by atoms with Gasteiger partial charge in [-0.1, -0.05) is 24.3 Å². The number of carbonyl (C=O) groups is 1. The molecule has 0 spiro atoms. The van der Waals surface area contributed by atoms with Crippen LogP contribution in [0.5, 0.6) is 0 Å². The molecule has 1 aromatic carbocycles. The molecule has 1 aromatic rings. The van der Waals surface area contributed by atoms with Gasteiger partial charge in [0.2, 0.25) is 0 Å². The second kappa shape index (κ2) is 6.58. The number of nitrogens with zero attached hydrogens (tertiary/aromatic N) is 1. The van der Waals surface area contributed by atoms with Crippen molar-refractivity contribution in [3.8, 4) is 0 Å². The van der Waals surface area contributed by atoms with Crippen LogP contribution in [0.2, 0.25) is 0 Å². The Balaban J connectivity index is 1.99. The summed E-state index contributed by atoms with van der Waals surface area (Å²) in [5, 5.41) is 8.98. The van der Waals surface area contributed by atoms with Crippen LogP contribution in [0, 0.1) is 0 Å². The second-order valence-electron chi connectivity index (χ2n) is 5.58. The molecule has 1 unspecified atom stereocenters. The van der Waals surface area contributed by atoms with Gasteiger partial charge in [0.25, 0.3) is 0 Å². The van der Waals surface area contributed by atoms with Crippen LogP contribution in [0.3, 0.4) is 0 Å². The zero-order valence-corrected chi connectivity index (χ0v) is 13.0. The van der Waals surface area contributed by atoms with Gasteiger partial charge in [-0.25, -0.2) is 8.42 Å². The highest BCUT2D eigenvalue weighted by atomic mass is 32.2. The number of hydrogen-bond donors (Lipinski definition) is 1. The number of sulfone groups is 1. The van der Waals surface area contributed by atoms with Crippen molar-refractivity contribution in [2.45, 2.75) is 25.8 Å². The molecule has 1 saturated heterocycles. The molecule has 1 heterocycles. The van der Waals surface area contributed by atoms with Crippen LogP contribution >= 0.6 is 0 Å². The third-order valence-corrected chi connectivity index (χ3v) is 5.62. The van der Waals surface area contributed by atoms with Crippen molar-refractivity contribution in [3.63, 3.8) is 0 Å². The van der Waals surface area contributed by atoms with Crippen molar-refractivity contribution in [1.82, 2.24) is 4.90 Å². The van der Waals surface area contributed by atoms with Gasteiger partial charge in [-0.3, -0.25) is 9.69 Å². The van der Waals surface area contributed by atoms with E-state index in [2.05, 4.69) is 4.90 Å². The minimum atomic E-state index is -2.88. The average Bonchev–Trinajstić information content (AvgIpc) is 2.60. The fourth-order valence-electron chi connectivity index (χ4n) is 2.46. The van der Waals surface area contributed by atoms with Crippen molar-refractivity contribution < 1.29 is 18.3 Å². The van der Waals surface area contributed by atoms with Crippen molar-refractivity contribution in [2.75, 3.05) is 24.6 Å². The van der Waals surface area contributed by atoms with E-state index in [1.165, 1.54) is 0 Å². The minimum absolute atomic E-state index is 0.223. The van der Waals surface area contributed by atoms with Gasteiger partial charge < -0.3 is 5.11 Å². The normalized spacial score (nSPS) is 20.6. The van der Waals surface area contributed by atoms with Crippen molar-refractivity contribution in [1.29, 1.82) is 0 Å². The highest BCUT2D eigenvalue weighted by molar-refractivity contribution is 7.91. The molecule has 1 atom stereocenters. The second-order valence-corrected chi connectivity index (χ2v) is 7.89. The van der Waals surface area contributed by atoms with E-state index in [4.69, 9.17) is 5.11 Å². The third kappa shape index (κ3) is 4.54. The zero-order chi connectivity index (χ0) is 15.5.